The van der Waals surface area contributed by atoms with Crippen LogP contribution in [-0.2, 0) is 23.0 Å². The summed E-state index contributed by atoms with van der Waals surface area (Å²) in [5.41, 5.74) is 9.80. The van der Waals surface area contributed by atoms with Gasteiger partial charge in [-0.25, -0.2) is 8.42 Å². The molecule has 0 bridgehead atoms. The van der Waals surface area contributed by atoms with Crippen LogP contribution >= 0.6 is 0 Å². The molecule has 0 unspecified atom stereocenters. The molecule has 1 aliphatic rings. The second-order valence-corrected chi connectivity index (χ2v) is 7.88. The topological polar surface area (TPSA) is 72.6 Å². The summed E-state index contributed by atoms with van der Waals surface area (Å²) in [6, 6.07) is 9.33. The molecule has 0 atom stereocenters. The Morgan fingerprint density at radius 2 is 1.83 bits per heavy atom. The van der Waals surface area contributed by atoms with Crippen LogP contribution in [-0.4, -0.2) is 22.1 Å². The lowest BCUT2D eigenvalue weighted by Crippen LogP contribution is -2.30. The minimum absolute atomic E-state index is 0.356. The summed E-state index contributed by atoms with van der Waals surface area (Å²) in [7, 11) is -2.05. The Kier molecular flexibility index (Phi) is 4.27. The third kappa shape index (κ3) is 2.65. The molecule has 2 aromatic rings. The summed E-state index contributed by atoms with van der Waals surface area (Å²) < 4.78 is 33.3. The molecule has 0 radical (unpaired) electrons. The maximum atomic E-state index is 13.3. The molecule has 2 aromatic carbocycles. The fourth-order valence-electron chi connectivity index (χ4n) is 3.32. The summed E-state index contributed by atoms with van der Waals surface area (Å²) in [4.78, 5) is 0.356. The number of sulfonamides is 1. The van der Waals surface area contributed by atoms with Crippen molar-refractivity contribution in [2.24, 2.45) is 5.73 Å². The Labute approximate surface area is 143 Å². The molecule has 1 aliphatic heterocycles. The minimum Gasteiger partial charge on any atom is -0.497 e. The Morgan fingerprint density at radius 3 is 2.42 bits per heavy atom. The van der Waals surface area contributed by atoms with Gasteiger partial charge in [0.05, 0.1) is 17.7 Å². The van der Waals surface area contributed by atoms with Crippen molar-refractivity contribution >= 4 is 15.7 Å². The van der Waals surface area contributed by atoms with Crippen molar-refractivity contribution in [2.45, 2.75) is 31.7 Å². The van der Waals surface area contributed by atoms with Gasteiger partial charge in [0.25, 0.3) is 10.0 Å². The van der Waals surface area contributed by atoms with Crippen LogP contribution in [0.15, 0.2) is 35.2 Å². The number of nitrogens with zero attached hydrogens (tertiary/aromatic N) is 1. The van der Waals surface area contributed by atoms with Gasteiger partial charge in [-0.15, -0.1) is 0 Å². The number of benzene rings is 2. The summed E-state index contributed by atoms with van der Waals surface area (Å²) in [6.07, 6.45) is 0.716. The molecule has 2 N–H and O–H groups in total. The number of methoxy groups -OCH3 is 1. The third-order valence-electron chi connectivity index (χ3n) is 4.46. The zero-order valence-electron chi connectivity index (χ0n) is 14.2. The highest BCUT2D eigenvalue weighted by molar-refractivity contribution is 7.93. The van der Waals surface area contributed by atoms with E-state index in [0.29, 0.717) is 41.3 Å². The summed E-state index contributed by atoms with van der Waals surface area (Å²) in [6.45, 7) is 4.45. The number of hydrogen-bond donors (Lipinski definition) is 1. The average molecular weight is 346 g/mol. The molecule has 0 aliphatic carbocycles. The van der Waals surface area contributed by atoms with Gasteiger partial charge in [-0.1, -0.05) is 12.1 Å². The van der Waals surface area contributed by atoms with E-state index in [2.05, 4.69) is 0 Å². The van der Waals surface area contributed by atoms with E-state index in [1.807, 2.05) is 18.2 Å². The molecule has 1 heterocycles. The van der Waals surface area contributed by atoms with Crippen molar-refractivity contribution in [3.63, 3.8) is 0 Å². The van der Waals surface area contributed by atoms with Crippen LogP contribution in [0.1, 0.15) is 22.3 Å². The molecule has 128 valence electrons. The molecule has 5 nitrogen and oxygen atoms in total. The number of rotatable bonds is 4. The van der Waals surface area contributed by atoms with Crippen molar-refractivity contribution in [3.8, 4) is 5.75 Å². The van der Waals surface area contributed by atoms with Crippen LogP contribution in [0.5, 0.6) is 5.75 Å². The van der Waals surface area contributed by atoms with Gasteiger partial charge < -0.3 is 10.5 Å². The van der Waals surface area contributed by atoms with Crippen LogP contribution in [0.25, 0.3) is 0 Å². The first-order valence-electron chi connectivity index (χ1n) is 7.88. The molecule has 0 saturated heterocycles. The van der Waals surface area contributed by atoms with E-state index < -0.39 is 10.0 Å². The highest BCUT2D eigenvalue weighted by Crippen LogP contribution is 2.36. The zero-order chi connectivity index (χ0) is 17.5. The highest BCUT2D eigenvalue weighted by atomic mass is 32.2. The van der Waals surface area contributed by atoms with Gasteiger partial charge in [0.1, 0.15) is 5.75 Å². The second-order valence-electron chi connectivity index (χ2n) is 6.08. The summed E-state index contributed by atoms with van der Waals surface area (Å²) in [5.74, 6) is 0.663. The lowest BCUT2D eigenvalue weighted by Gasteiger charge is -2.23. The maximum absolute atomic E-state index is 13.3. The van der Waals surface area contributed by atoms with Crippen LogP contribution < -0.4 is 14.8 Å². The fraction of sp³-hybridized carbons (Fsp3) is 0.333. The van der Waals surface area contributed by atoms with Crippen molar-refractivity contribution in [3.05, 3.63) is 52.6 Å². The molecular formula is C18H22N2O3S. The van der Waals surface area contributed by atoms with E-state index in [1.165, 1.54) is 4.31 Å². The monoisotopic (exact) mass is 346 g/mol. The van der Waals surface area contributed by atoms with Gasteiger partial charge in [0.15, 0.2) is 0 Å². The lowest BCUT2D eigenvalue weighted by molar-refractivity contribution is 0.413. The smallest absolute Gasteiger partial charge is 0.264 e. The van der Waals surface area contributed by atoms with Gasteiger partial charge in [-0.3, -0.25) is 4.31 Å². The Balaban J connectivity index is 2.12. The molecular weight excluding hydrogens is 324 g/mol. The fourth-order valence-corrected chi connectivity index (χ4v) is 5.23. The second kappa shape index (κ2) is 6.11. The van der Waals surface area contributed by atoms with Gasteiger partial charge >= 0.3 is 0 Å². The number of aryl methyl sites for hydroxylation is 2. The third-order valence-corrected chi connectivity index (χ3v) is 6.58. The normalized spacial score (nSPS) is 13.9. The molecule has 24 heavy (non-hydrogen) atoms. The molecule has 0 amide bonds. The Morgan fingerprint density at radius 1 is 1.17 bits per heavy atom. The molecule has 0 aromatic heterocycles. The van der Waals surface area contributed by atoms with Gasteiger partial charge in [-0.05, 0) is 60.7 Å². The van der Waals surface area contributed by atoms with E-state index >= 15 is 0 Å². The Hall–Kier alpha value is -2.05. The van der Waals surface area contributed by atoms with E-state index in [0.717, 1.165) is 16.8 Å². The first-order valence-corrected chi connectivity index (χ1v) is 9.32. The number of anilines is 1. The van der Waals surface area contributed by atoms with Crippen LogP contribution in [0, 0.1) is 13.8 Å². The molecule has 6 heteroatoms. The molecule has 0 saturated carbocycles. The van der Waals surface area contributed by atoms with Crippen LogP contribution in [0.3, 0.4) is 0 Å². The van der Waals surface area contributed by atoms with E-state index in [4.69, 9.17) is 10.5 Å². The average Bonchev–Trinajstić information content (AvgIpc) is 2.97. The van der Waals surface area contributed by atoms with E-state index in [9.17, 15) is 8.42 Å². The van der Waals surface area contributed by atoms with Crippen LogP contribution in [0.2, 0.25) is 0 Å². The van der Waals surface area contributed by atoms with Gasteiger partial charge in [-0.2, -0.15) is 0 Å². The molecule has 3 rings (SSSR count). The standard InChI is InChI=1S/C18H22N2O3S/c1-12-8-16(23-3)9-13(2)18(12)24(21,22)20-7-6-15-5-4-14(11-19)10-17(15)20/h4-5,8-10H,6-7,11,19H2,1-3H3. The summed E-state index contributed by atoms with van der Waals surface area (Å²) in [5, 5.41) is 0. The van der Waals surface area contributed by atoms with Crippen molar-refractivity contribution in [1.29, 1.82) is 0 Å². The van der Waals surface area contributed by atoms with Gasteiger partial charge in [0, 0.05) is 13.1 Å². The highest BCUT2D eigenvalue weighted by Gasteiger charge is 2.33. The quantitative estimate of drug-likeness (QED) is 0.923. The van der Waals surface area contributed by atoms with Crippen molar-refractivity contribution < 1.29 is 13.2 Å². The van der Waals surface area contributed by atoms with E-state index in [1.54, 1.807) is 33.1 Å². The van der Waals surface area contributed by atoms with Gasteiger partial charge in [0.2, 0.25) is 0 Å². The number of fused-ring (bicyclic) bond motifs is 1. The number of nitrogens with two attached hydrogens (primary N) is 1. The SMILES string of the molecule is COc1cc(C)c(S(=O)(=O)N2CCc3ccc(CN)cc32)c(C)c1. The Bertz CT molecular complexity index is 868. The van der Waals surface area contributed by atoms with E-state index in [-0.39, 0.29) is 0 Å². The van der Waals surface area contributed by atoms with Crippen LogP contribution in [0.4, 0.5) is 5.69 Å². The maximum Gasteiger partial charge on any atom is 0.264 e. The lowest BCUT2D eigenvalue weighted by atomic mass is 10.1. The predicted molar refractivity (Wildman–Crippen MR) is 95.0 cm³/mol. The number of hydrogen-bond acceptors (Lipinski definition) is 4. The zero-order valence-corrected chi connectivity index (χ0v) is 15.0. The van der Waals surface area contributed by atoms with Crippen molar-refractivity contribution in [1.82, 2.24) is 0 Å². The predicted octanol–water partition coefficient (Wildman–Crippen LogP) is 2.52. The van der Waals surface area contributed by atoms with Crippen molar-refractivity contribution in [2.75, 3.05) is 18.0 Å². The largest absolute Gasteiger partial charge is 0.497 e. The number of ether oxygens (including phenoxy) is 1. The first kappa shape index (κ1) is 16.8. The summed E-state index contributed by atoms with van der Waals surface area (Å²) >= 11 is 0. The first-order chi connectivity index (χ1) is 11.4. The molecule has 0 spiro atoms. The minimum atomic E-state index is -3.63. The molecule has 0 fully saturated rings.